The molecule has 3 fully saturated rings. The standard InChI is InChI=1S/C27H27F2N9O4S2/c28-22(29)24-33-34-25(43-24)38-19-11-17(44(41,42)35-27(13-30)6-7-27)1-2-18(19)20-21(31-14-32-23(20)38)15-3-8-36(9-4-15)26(40)37-10-5-16(39)12-37/h1-2,11,14-16,22,35,39H,3-10,12H2/t16-/m0/s1. The number of nitrogens with zero attached hydrogens (tertiary/aromatic N) is 8. The number of fused-ring (bicyclic) bond motifs is 3. The average Bonchev–Trinajstić information content (AvgIpc) is 3.33. The summed E-state index contributed by atoms with van der Waals surface area (Å²) < 4.78 is 57.6. The molecule has 2 N–H and O–H groups in total. The fraction of sp³-hybridized carbons (Fsp3) is 0.481. The summed E-state index contributed by atoms with van der Waals surface area (Å²) in [6, 6.07) is 6.42. The topological polar surface area (TPSA) is 170 Å². The zero-order valence-electron chi connectivity index (χ0n) is 23.2. The van der Waals surface area contributed by atoms with Gasteiger partial charge in [0.15, 0.2) is 10.7 Å². The normalized spacial score (nSPS) is 20.6. The van der Waals surface area contributed by atoms with Crippen LogP contribution in [0.2, 0.25) is 0 Å². The Morgan fingerprint density at radius 1 is 1.14 bits per heavy atom. The number of aliphatic hydroxyl groups is 1. The van der Waals surface area contributed by atoms with E-state index in [1.807, 2.05) is 6.07 Å². The number of halogens is 2. The molecule has 0 unspecified atom stereocenters. The number of aromatic nitrogens is 5. The Morgan fingerprint density at radius 3 is 2.52 bits per heavy atom. The lowest BCUT2D eigenvalue weighted by molar-refractivity contribution is 0.136. The monoisotopic (exact) mass is 643 g/mol. The van der Waals surface area contributed by atoms with Gasteiger partial charge < -0.3 is 14.9 Å². The quantitative estimate of drug-likeness (QED) is 0.321. The Kier molecular flexibility index (Phi) is 6.99. The van der Waals surface area contributed by atoms with Gasteiger partial charge in [-0.1, -0.05) is 17.4 Å². The number of sulfonamides is 1. The van der Waals surface area contributed by atoms with E-state index < -0.39 is 33.1 Å². The van der Waals surface area contributed by atoms with Crippen molar-refractivity contribution in [1.82, 2.24) is 39.3 Å². The summed E-state index contributed by atoms with van der Waals surface area (Å²) in [7, 11) is -4.09. The van der Waals surface area contributed by atoms with E-state index in [4.69, 9.17) is 0 Å². The summed E-state index contributed by atoms with van der Waals surface area (Å²) in [5.74, 6) is -0.0609. The number of carbonyl (C=O) groups excluding carboxylic acids is 1. The summed E-state index contributed by atoms with van der Waals surface area (Å²) in [5.41, 5.74) is 0.305. The maximum Gasteiger partial charge on any atom is 0.320 e. The zero-order valence-corrected chi connectivity index (χ0v) is 24.9. The van der Waals surface area contributed by atoms with Crippen molar-refractivity contribution >= 4 is 49.3 Å². The summed E-state index contributed by atoms with van der Waals surface area (Å²) in [5, 5.41) is 27.7. The molecule has 4 aromatic rings. The SMILES string of the molecule is N#CC1(NS(=O)(=O)c2ccc3c4c(C5CCN(C(=O)N6CC[C@H](O)C6)CC5)ncnc4n(-c4nnc(C(F)F)s4)c3c2)CC1. The molecule has 0 spiro atoms. The Morgan fingerprint density at radius 2 is 1.89 bits per heavy atom. The van der Waals surface area contributed by atoms with Gasteiger partial charge in [-0.15, -0.1) is 10.2 Å². The maximum atomic E-state index is 13.5. The molecular weight excluding hydrogens is 616 g/mol. The molecule has 1 atom stereocenters. The van der Waals surface area contributed by atoms with Crippen molar-refractivity contribution in [1.29, 1.82) is 5.26 Å². The molecule has 0 radical (unpaired) electrons. The minimum absolute atomic E-state index is 0.0609. The highest BCUT2D eigenvalue weighted by molar-refractivity contribution is 7.89. The molecule has 7 rings (SSSR count). The second-order valence-electron chi connectivity index (χ2n) is 11.4. The van der Waals surface area contributed by atoms with E-state index in [1.54, 1.807) is 15.9 Å². The lowest BCUT2D eigenvalue weighted by Crippen LogP contribution is -2.45. The Hall–Kier alpha value is -3.85. The van der Waals surface area contributed by atoms with Crippen molar-refractivity contribution in [3.05, 3.63) is 35.2 Å². The molecule has 44 heavy (non-hydrogen) atoms. The van der Waals surface area contributed by atoms with Gasteiger partial charge in [0, 0.05) is 42.9 Å². The van der Waals surface area contributed by atoms with Gasteiger partial charge in [-0.3, -0.25) is 4.57 Å². The molecule has 0 bridgehead atoms. The summed E-state index contributed by atoms with van der Waals surface area (Å²) in [6.07, 6.45) is 0.665. The van der Waals surface area contributed by atoms with E-state index in [1.165, 1.54) is 23.0 Å². The van der Waals surface area contributed by atoms with Gasteiger partial charge in [-0.2, -0.15) is 9.98 Å². The van der Waals surface area contributed by atoms with E-state index in [9.17, 15) is 32.4 Å². The van der Waals surface area contributed by atoms with Crippen LogP contribution in [0.15, 0.2) is 29.4 Å². The van der Waals surface area contributed by atoms with Gasteiger partial charge in [0.1, 0.15) is 11.9 Å². The van der Waals surface area contributed by atoms with Crippen LogP contribution in [0.1, 0.15) is 55.1 Å². The number of urea groups is 1. The average molecular weight is 644 g/mol. The second-order valence-corrected chi connectivity index (χ2v) is 14.1. The number of hydrogen-bond donors (Lipinski definition) is 2. The molecule has 2 saturated heterocycles. The first kappa shape index (κ1) is 28.9. The third-order valence-electron chi connectivity index (χ3n) is 8.55. The number of piperidine rings is 1. The van der Waals surface area contributed by atoms with E-state index >= 15 is 0 Å². The van der Waals surface area contributed by atoms with Crippen LogP contribution in [-0.4, -0.2) is 91.9 Å². The van der Waals surface area contributed by atoms with Crippen LogP contribution in [0.5, 0.6) is 0 Å². The number of alkyl halides is 2. The fourth-order valence-corrected chi connectivity index (χ4v) is 8.16. The minimum Gasteiger partial charge on any atom is -0.391 e. The van der Waals surface area contributed by atoms with Crippen LogP contribution in [0.3, 0.4) is 0 Å². The van der Waals surface area contributed by atoms with Crippen LogP contribution in [-0.2, 0) is 10.0 Å². The number of nitriles is 1. The minimum atomic E-state index is -4.09. The lowest BCUT2D eigenvalue weighted by atomic mass is 9.91. The number of nitrogens with one attached hydrogen (secondary N) is 1. The molecule has 17 heteroatoms. The molecule has 230 valence electrons. The number of amides is 2. The van der Waals surface area contributed by atoms with Gasteiger partial charge in [-0.05, 0) is 44.2 Å². The Bertz CT molecular complexity index is 1930. The van der Waals surface area contributed by atoms with Crippen molar-refractivity contribution in [2.45, 2.75) is 61.0 Å². The van der Waals surface area contributed by atoms with Gasteiger partial charge in [0.05, 0.1) is 28.3 Å². The second kappa shape index (κ2) is 10.6. The third-order valence-corrected chi connectivity index (χ3v) is 11.0. The number of hydrogen-bond acceptors (Lipinski definition) is 10. The van der Waals surface area contributed by atoms with Gasteiger partial charge in [0.2, 0.25) is 15.2 Å². The first-order chi connectivity index (χ1) is 21.1. The van der Waals surface area contributed by atoms with Crippen molar-refractivity contribution < 1.29 is 27.1 Å². The van der Waals surface area contributed by atoms with Gasteiger partial charge in [-0.25, -0.2) is 32.0 Å². The zero-order chi connectivity index (χ0) is 30.8. The lowest BCUT2D eigenvalue weighted by Gasteiger charge is -2.34. The van der Waals surface area contributed by atoms with Crippen LogP contribution >= 0.6 is 11.3 Å². The predicted molar refractivity (Wildman–Crippen MR) is 154 cm³/mol. The number of rotatable bonds is 6. The fourth-order valence-electron chi connectivity index (χ4n) is 6.05. The molecule has 3 aliphatic rings. The Balaban J connectivity index is 1.29. The Labute approximate surface area is 254 Å². The summed E-state index contributed by atoms with van der Waals surface area (Å²) in [4.78, 5) is 25.4. The van der Waals surface area contributed by atoms with Crippen molar-refractivity contribution in [3.63, 3.8) is 0 Å². The number of carbonyl (C=O) groups is 1. The number of likely N-dealkylation sites (tertiary alicyclic amines) is 2. The van der Waals surface area contributed by atoms with E-state index in [2.05, 4.69) is 24.9 Å². The summed E-state index contributed by atoms with van der Waals surface area (Å²) >= 11 is 0.678. The highest BCUT2D eigenvalue weighted by Gasteiger charge is 2.47. The molecule has 1 saturated carbocycles. The summed E-state index contributed by atoms with van der Waals surface area (Å²) in [6.45, 7) is 1.83. The van der Waals surface area contributed by atoms with Crippen molar-refractivity contribution in [2.24, 2.45) is 0 Å². The van der Waals surface area contributed by atoms with Crippen molar-refractivity contribution in [3.8, 4) is 11.2 Å². The molecule has 1 aromatic carbocycles. The molecule has 5 heterocycles. The molecular formula is C27H27F2N9O4S2. The molecule has 2 aliphatic heterocycles. The van der Waals surface area contributed by atoms with E-state index in [-0.39, 0.29) is 22.0 Å². The third kappa shape index (κ3) is 4.95. The van der Waals surface area contributed by atoms with Gasteiger partial charge in [0.25, 0.3) is 6.43 Å². The molecule has 3 aromatic heterocycles. The molecule has 2 amide bonds. The van der Waals surface area contributed by atoms with E-state index in [0.29, 0.717) is 97.3 Å². The van der Waals surface area contributed by atoms with Crippen LogP contribution in [0.4, 0.5) is 13.6 Å². The van der Waals surface area contributed by atoms with Crippen molar-refractivity contribution in [2.75, 3.05) is 26.2 Å². The first-order valence-electron chi connectivity index (χ1n) is 14.2. The number of β-amino-alcohol motifs (C(OH)–C–C–N with tert-alkyl or cyclic N) is 1. The molecule has 1 aliphatic carbocycles. The highest BCUT2D eigenvalue weighted by Crippen LogP contribution is 2.41. The highest BCUT2D eigenvalue weighted by atomic mass is 32.2. The van der Waals surface area contributed by atoms with Crippen LogP contribution < -0.4 is 4.72 Å². The van der Waals surface area contributed by atoms with Gasteiger partial charge >= 0.3 is 6.03 Å². The number of benzene rings is 1. The largest absolute Gasteiger partial charge is 0.391 e. The smallest absolute Gasteiger partial charge is 0.320 e. The van der Waals surface area contributed by atoms with E-state index in [0.717, 1.165) is 0 Å². The van der Waals surface area contributed by atoms with Crippen LogP contribution in [0, 0.1) is 11.3 Å². The van der Waals surface area contributed by atoms with Crippen LogP contribution in [0.25, 0.3) is 27.1 Å². The predicted octanol–water partition coefficient (Wildman–Crippen LogP) is 3.06. The number of aliphatic hydroxyl groups excluding tert-OH is 1. The first-order valence-corrected chi connectivity index (χ1v) is 16.5. The molecule has 13 nitrogen and oxygen atoms in total. The maximum absolute atomic E-state index is 13.5.